The largest absolute Gasteiger partial charge is 0.378 e. The Bertz CT molecular complexity index is 686. The van der Waals surface area contributed by atoms with Crippen LogP contribution in [0.5, 0.6) is 0 Å². The summed E-state index contributed by atoms with van der Waals surface area (Å²) in [5.74, 6) is -1.62. The highest BCUT2D eigenvalue weighted by atomic mass is 19.1. The van der Waals surface area contributed by atoms with Crippen LogP contribution in [-0.2, 0) is 0 Å². The molecule has 0 aliphatic rings. The van der Waals surface area contributed by atoms with E-state index in [9.17, 15) is 13.6 Å². The van der Waals surface area contributed by atoms with Gasteiger partial charge in [0.25, 0.3) is 5.91 Å². The Morgan fingerprint density at radius 3 is 2.50 bits per heavy atom. The highest BCUT2D eigenvalue weighted by Gasteiger charge is 2.15. The van der Waals surface area contributed by atoms with Crippen LogP contribution in [0.3, 0.4) is 0 Å². The number of hydrogen-bond acceptors (Lipinski definition) is 2. The smallest absolute Gasteiger partial charge is 0.251 e. The summed E-state index contributed by atoms with van der Waals surface area (Å²) in [6, 6.07) is 9.88. The summed E-state index contributed by atoms with van der Waals surface area (Å²) in [4.78, 5) is 14.1. The summed E-state index contributed by atoms with van der Waals surface area (Å²) in [6.07, 6.45) is 0. The first-order valence-electron chi connectivity index (χ1n) is 6.91. The van der Waals surface area contributed by atoms with Gasteiger partial charge in [-0.15, -0.1) is 0 Å². The molecule has 0 spiro atoms. The highest BCUT2D eigenvalue weighted by Crippen LogP contribution is 2.19. The molecule has 3 nitrogen and oxygen atoms in total. The van der Waals surface area contributed by atoms with Crippen LogP contribution in [0.15, 0.2) is 42.5 Å². The molecule has 0 radical (unpaired) electrons. The summed E-state index contributed by atoms with van der Waals surface area (Å²) in [6.45, 7) is 1.66. The van der Waals surface area contributed by atoms with Crippen LogP contribution in [-0.4, -0.2) is 20.0 Å². The van der Waals surface area contributed by atoms with Crippen LogP contribution in [0.2, 0.25) is 0 Å². The summed E-state index contributed by atoms with van der Waals surface area (Å²) >= 11 is 0. The van der Waals surface area contributed by atoms with Crippen molar-refractivity contribution in [3.8, 4) is 0 Å². The van der Waals surface area contributed by atoms with E-state index in [1.54, 1.807) is 25.1 Å². The molecule has 1 atom stereocenters. The van der Waals surface area contributed by atoms with E-state index in [0.29, 0.717) is 5.56 Å². The maximum absolute atomic E-state index is 13.7. The molecule has 2 aromatic rings. The third-order valence-corrected chi connectivity index (χ3v) is 3.40. The predicted molar refractivity (Wildman–Crippen MR) is 83.0 cm³/mol. The second-order valence-electron chi connectivity index (χ2n) is 5.31. The van der Waals surface area contributed by atoms with Crippen molar-refractivity contribution in [1.82, 2.24) is 5.32 Å². The normalized spacial score (nSPS) is 11.9. The van der Waals surface area contributed by atoms with Gasteiger partial charge in [0.1, 0.15) is 11.6 Å². The lowest BCUT2D eigenvalue weighted by molar-refractivity contribution is 0.0939. The van der Waals surface area contributed by atoms with Gasteiger partial charge in [0.05, 0.1) is 6.04 Å². The van der Waals surface area contributed by atoms with E-state index in [1.165, 1.54) is 12.1 Å². The minimum Gasteiger partial charge on any atom is -0.378 e. The number of nitrogens with one attached hydrogen (secondary N) is 1. The van der Waals surface area contributed by atoms with E-state index >= 15 is 0 Å². The molecule has 1 N–H and O–H groups in total. The Balaban J connectivity index is 2.16. The van der Waals surface area contributed by atoms with Gasteiger partial charge in [0.15, 0.2) is 0 Å². The van der Waals surface area contributed by atoms with Crippen LogP contribution in [0, 0.1) is 11.6 Å². The van der Waals surface area contributed by atoms with Gasteiger partial charge in [-0.1, -0.05) is 12.1 Å². The van der Waals surface area contributed by atoms with E-state index in [4.69, 9.17) is 0 Å². The number of nitrogens with zero attached hydrogens (tertiary/aromatic N) is 1. The summed E-state index contributed by atoms with van der Waals surface area (Å²) in [7, 11) is 3.76. The average molecular weight is 304 g/mol. The first-order chi connectivity index (χ1) is 10.4. The quantitative estimate of drug-likeness (QED) is 0.937. The first kappa shape index (κ1) is 15.9. The number of anilines is 1. The zero-order chi connectivity index (χ0) is 16.3. The fourth-order valence-electron chi connectivity index (χ4n) is 2.14. The summed E-state index contributed by atoms with van der Waals surface area (Å²) in [5, 5.41) is 2.72. The summed E-state index contributed by atoms with van der Waals surface area (Å²) < 4.78 is 26.7. The van der Waals surface area contributed by atoms with Crippen molar-refractivity contribution < 1.29 is 13.6 Å². The molecule has 5 heteroatoms. The Morgan fingerprint density at radius 1 is 1.14 bits per heavy atom. The monoisotopic (exact) mass is 304 g/mol. The molecule has 0 bridgehead atoms. The Kier molecular flexibility index (Phi) is 4.75. The van der Waals surface area contributed by atoms with Crippen molar-refractivity contribution in [2.24, 2.45) is 0 Å². The topological polar surface area (TPSA) is 32.3 Å². The van der Waals surface area contributed by atoms with Gasteiger partial charge < -0.3 is 10.2 Å². The molecule has 2 aromatic carbocycles. The fraction of sp³-hybridized carbons (Fsp3) is 0.235. The third-order valence-electron chi connectivity index (χ3n) is 3.40. The number of halogens is 2. The molecule has 0 aliphatic carbocycles. The van der Waals surface area contributed by atoms with E-state index in [-0.39, 0.29) is 11.5 Å². The molecule has 0 aromatic heterocycles. The summed E-state index contributed by atoms with van der Waals surface area (Å²) in [5.41, 5.74) is 1.63. The van der Waals surface area contributed by atoms with Gasteiger partial charge in [-0.2, -0.15) is 0 Å². The number of hydrogen-bond donors (Lipinski definition) is 1. The second-order valence-corrected chi connectivity index (χ2v) is 5.31. The highest BCUT2D eigenvalue weighted by molar-refractivity contribution is 5.95. The van der Waals surface area contributed by atoms with Gasteiger partial charge >= 0.3 is 0 Å². The minimum absolute atomic E-state index is 0.249. The third kappa shape index (κ3) is 3.61. The van der Waals surface area contributed by atoms with Crippen LogP contribution in [0.1, 0.15) is 28.9 Å². The lowest BCUT2D eigenvalue weighted by Gasteiger charge is -2.17. The first-order valence-corrected chi connectivity index (χ1v) is 6.91. The zero-order valence-corrected chi connectivity index (χ0v) is 12.7. The van der Waals surface area contributed by atoms with Crippen molar-refractivity contribution >= 4 is 11.6 Å². The van der Waals surface area contributed by atoms with Crippen molar-refractivity contribution in [3.63, 3.8) is 0 Å². The van der Waals surface area contributed by atoms with E-state index in [0.717, 1.165) is 11.8 Å². The van der Waals surface area contributed by atoms with Crippen LogP contribution >= 0.6 is 0 Å². The molecule has 1 unspecified atom stereocenters. The number of amides is 1. The van der Waals surface area contributed by atoms with Crippen molar-refractivity contribution in [3.05, 3.63) is 65.2 Å². The minimum atomic E-state index is -0.671. The number of rotatable bonds is 4. The van der Waals surface area contributed by atoms with Crippen molar-refractivity contribution in [1.29, 1.82) is 0 Å². The number of benzene rings is 2. The number of carbonyl (C=O) groups is 1. The van der Waals surface area contributed by atoms with Crippen molar-refractivity contribution in [2.45, 2.75) is 13.0 Å². The van der Waals surface area contributed by atoms with Crippen molar-refractivity contribution in [2.75, 3.05) is 19.0 Å². The van der Waals surface area contributed by atoms with Crippen LogP contribution < -0.4 is 10.2 Å². The fourth-order valence-corrected chi connectivity index (χ4v) is 2.14. The van der Waals surface area contributed by atoms with E-state index in [2.05, 4.69) is 5.32 Å². The maximum Gasteiger partial charge on any atom is 0.251 e. The molecule has 22 heavy (non-hydrogen) atoms. The van der Waals surface area contributed by atoms with E-state index < -0.39 is 17.7 Å². The zero-order valence-electron chi connectivity index (χ0n) is 12.7. The maximum atomic E-state index is 13.7. The molecule has 0 saturated carbocycles. The Labute approximate surface area is 128 Å². The van der Waals surface area contributed by atoms with Gasteiger partial charge in [-0.3, -0.25) is 4.79 Å². The molecule has 1 amide bonds. The molecular weight excluding hydrogens is 286 g/mol. The lowest BCUT2D eigenvalue weighted by atomic mass is 10.1. The SMILES string of the molecule is CC(NC(=O)c1cccc(N(C)C)c1)c1ccc(F)cc1F. The van der Waals surface area contributed by atoms with E-state index in [1.807, 2.05) is 25.1 Å². The standard InChI is InChI=1S/C17H18F2N2O/c1-11(15-8-7-13(18)10-16(15)19)20-17(22)12-5-4-6-14(9-12)21(2)3/h4-11H,1-3H3,(H,20,22). The average Bonchev–Trinajstić information content (AvgIpc) is 2.47. The molecule has 2 rings (SSSR count). The Hall–Kier alpha value is -2.43. The lowest BCUT2D eigenvalue weighted by Crippen LogP contribution is -2.27. The molecule has 0 fully saturated rings. The molecular formula is C17H18F2N2O. The molecule has 116 valence electrons. The molecule has 0 aliphatic heterocycles. The van der Waals surface area contributed by atoms with Gasteiger partial charge in [0, 0.05) is 37.0 Å². The van der Waals surface area contributed by atoms with Gasteiger partial charge in [-0.05, 0) is 31.2 Å². The van der Waals surface area contributed by atoms with Gasteiger partial charge in [-0.25, -0.2) is 8.78 Å². The second kappa shape index (κ2) is 6.56. The molecule has 0 heterocycles. The van der Waals surface area contributed by atoms with Gasteiger partial charge in [0.2, 0.25) is 0 Å². The Morgan fingerprint density at radius 2 is 1.86 bits per heavy atom. The van der Waals surface area contributed by atoms with Crippen LogP contribution in [0.25, 0.3) is 0 Å². The molecule has 0 saturated heterocycles. The van der Waals surface area contributed by atoms with Crippen LogP contribution in [0.4, 0.5) is 14.5 Å². The number of carbonyl (C=O) groups excluding carboxylic acids is 1. The predicted octanol–water partition coefficient (Wildman–Crippen LogP) is 3.52.